The van der Waals surface area contributed by atoms with Gasteiger partial charge < -0.3 is 9.73 Å². The minimum Gasteiger partial charge on any atom is -0.444 e. The van der Waals surface area contributed by atoms with E-state index in [1.807, 2.05) is 0 Å². The van der Waals surface area contributed by atoms with Crippen LogP contribution < -0.4 is 5.32 Å². The van der Waals surface area contributed by atoms with Gasteiger partial charge in [0, 0.05) is 24.2 Å². The van der Waals surface area contributed by atoms with E-state index in [9.17, 15) is 18.9 Å². The van der Waals surface area contributed by atoms with Crippen molar-refractivity contribution >= 4 is 5.69 Å². The van der Waals surface area contributed by atoms with Crippen LogP contribution in [0.25, 0.3) is 0 Å². The molecule has 1 atom stereocenters. The summed E-state index contributed by atoms with van der Waals surface area (Å²) < 4.78 is 32.1. The van der Waals surface area contributed by atoms with Crippen LogP contribution in [0.15, 0.2) is 22.7 Å². The van der Waals surface area contributed by atoms with Crippen LogP contribution in [-0.4, -0.2) is 9.91 Å². The van der Waals surface area contributed by atoms with Gasteiger partial charge in [0.2, 0.25) is 11.7 Å². The van der Waals surface area contributed by atoms with Crippen molar-refractivity contribution in [2.24, 2.45) is 0 Å². The van der Waals surface area contributed by atoms with Gasteiger partial charge in [0.05, 0.1) is 17.2 Å². The molecule has 0 saturated heterocycles. The van der Waals surface area contributed by atoms with Gasteiger partial charge in [-0.15, -0.1) is 0 Å². The third-order valence-corrected chi connectivity index (χ3v) is 2.92. The highest BCUT2D eigenvalue weighted by Crippen LogP contribution is 2.22. The van der Waals surface area contributed by atoms with Crippen molar-refractivity contribution < 1.29 is 18.1 Å². The van der Waals surface area contributed by atoms with Crippen LogP contribution in [0.2, 0.25) is 0 Å². The summed E-state index contributed by atoms with van der Waals surface area (Å²) in [5.74, 6) is -0.981. The lowest BCUT2D eigenvalue weighted by Gasteiger charge is -2.11. The summed E-state index contributed by atoms with van der Waals surface area (Å²) in [7, 11) is 0. The Labute approximate surface area is 118 Å². The number of rotatable bonds is 5. The Morgan fingerprint density at radius 1 is 1.43 bits per heavy atom. The topological polar surface area (TPSA) is 81.2 Å². The Morgan fingerprint density at radius 2 is 2.14 bits per heavy atom. The molecule has 1 aromatic carbocycles. The first-order valence-corrected chi connectivity index (χ1v) is 6.16. The molecule has 2 rings (SSSR count). The maximum atomic E-state index is 13.6. The van der Waals surface area contributed by atoms with E-state index in [0.29, 0.717) is 17.7 Å². The predicted molar refractivity (Wildman–Crippen MR) is 69.5 cm³/mol. The number of aryl methyl sites for hydroxylation is 1. The Morgan fingerprint density at radius 3 is 2.71 bits per heavy atom. The fraction of sp³-hybridized carbons (Fsp3) is 0.308. The van der Waals surface area contributed by atoms with E-state index in [4.69, 9.17) is 4.42 Å². The molecule has 2 aromatic rings. The molecule has 0 aliphatic rings. The van der Waals surface area contributed by atoms with Crippen LogP contribution in [-0.2, 0) is 6.54 Å². The third kappa shape index (κ3) is 3.40. The summed E-state index contributed by atoms with van der Waals surface area (Å²) in [6.45, 7) is 3.48. The average Bonchev–Trinajstić information content (AvgIpc) is 2.83. The average molecular weight is 297 g/mol. The fourth-order valence-corrected chi connectivity index (χ4v) is 1.78. The molecule has 112 valence electrons. The minimum absolute atomic E-state index is 0.00164. The normalized spacial score (nSPS) is 12.4. The Balaban J connectivity index is 2.12. The van der Waals surface area contributed by atoms with E-state index in [1.165, 1.54) is 0 Å². The molecule has 0 amide bonds. The highest BCUT2D eigenvalue weighted by atomic mass is 19.1. The molecule has 1 N–H and O–H groups in total. The molecule has 0 saturated carbocycles. The van der Waals surface area contributed by atoms with Crippen molar-refractivity contribution in [2.45, 2.75) is 26.4 Å². The maximum absolute atomic E-state index is 13.6. The first-order valence-electron chi connectivity index (χ1n) is 6.16. The highest BCUT2D eigenvalue weighted by Gasteiger charge is 2.19. The molecule has 21 heavy (non-hydrogen) atoms. The van der Waals surface area contributed by atoms with Gasteiger partial charge in [-0.2, -0.15) is 4.39 Å². The van der Waals surface area contributed by atoms with Gasteiger partial charge in [0.25, 0.3) is 0 Å². The largest absolute Gasteiger partial charge is 0.444 e. The SMILES string of the molecule is Cc1cnc(C(C)NCc2cc([N+](=O)[O-])c(F)cc2F)o1. The first-order chi connectivity index (χ1) is 9.88. The van der Waals surface area contributed by atoms with Gasteiger partial charge in [0.1, 0.15) is 11.6 Å². The van der Waals surface area contributed by atoms with Gasteiger partial charge in [0.15, 0.2) is 0 Å². The molecule has 0 aliphatic heterocycles. The third-order valence-electron chi connectivity index (χ3n) is 2.92. The lowest BCUT2D eigenvalue weighted by molar-refractivity contribution is -0.387. The van der Waals surface area contributed by atoms with Crippen LogP contribution in [0.1, 0.15) is 30.2 Å². The van der Waals surface area contributed by atoms with Crippen molar-refractivity contribution in [1.29, 1.82) is 0 Å². The van der Waals surface area contributed by atoms with Crippen molar-refractivity contribution in [2.75, 3.05) is 0 Å². The molecule has 6 nitrogen and oxygen atoms in total. The number of nitrogens with one attached hydrogen (secondary N) is 1. The number of benzene rings is 1. The predicted octanol–water partition coefficient (Wildman–Crippen LogP) is 3.02. The summed E-state index contributed by atoms with van der Waals surface area (Å²) in [4.78, 5) is 13.8. The number of nitro groups is 1. The number of oxazole rings is 1. The Hall–Kier alpha value is -2.35. The summed E-state index contributed by atoms with van der Waals surface area (Å²) in [6, 6.07) is 1.07. The first kappa shape index (κ1) is 15.0. The van der Waals surface area contributed by atoms with E-state index >= 15 is 0 Å². The van der Waals surface area contributed by atoms with Crippen LogP contribution in [0.5, 0.6) is 0 Å². The number of hydrogen-bond acceptors (Lipinski definition) is 5. The fourth-order valence-electron chi connectivity index (χ4n) is 1.78. The van der Waals surface area contributed by atoms with E-state index < -0.39 is 22.2 Å². The second kappa shape index (κ2) is 5.96. The lowest BCUT2D eigenvalue weighted by atomic mass is 10.1. The van der Waals surface area contributed by atoms with Gasteiger partial charge in [-0.3, -0.25) is 10.1 Å². The molecular weight excluding hydrogens is 284 g/mol. The molecule has 8 heteroatoms. The zero-order valence-electron chi connectivity index (χ0n) is 11.4. The van der Waals surface area contributed by atoms with Crippen molar-refractivity contribution in [3.05, 3.63) is 57.3 Å². The van der Waals surface area contributed by atoms with E-state index in [-0.39, 0.29) is 18.2 Å². The summed E-state index contributed by atoms with van der Waals surface area (Å²) in [5, 5.41) is 13.6. The molecule has 1 aromatic heterocycles. The molecular formula is C13H13F2N3O3. The number of hydrogen-bond donors (Lipinski definition) is 1. The lowest BCUT2D eigenvalue weighted by Crippen LogP contribution is -2.19. The van der Waals surface area contributed by atoms with Gasteiger partial charge >= 0.3 is 5.69 Å². The van der Waals surface area contributed by atoms with Crippen LogP contribution >= 0.6 is 0 Å². The Kier molecular flexibility index (Phi) is 4.27. The molecule has 1 unspecified atom stereocenters. The van der Waals surface area contributed by atoms with Crippen LogP contribution in [0.4, 0.5) is 14.5 Å². The van der Waals surface area contributed by atoms with E-state index in [2.05, 4.69) is 10.3 Å². The van der Waals surface area contributed by atoms with E-state index in [1.54, 1.807) is 20.0 Å². The van der Waals surface area contributed by atoms with Crippen LogP contribution in [0.3, 0.4) is 0 Å². The van der Waals surface area contributed by atoms with Crippen molar-refractivity contribution in [3.8, 4) is 0 Å². The standard InChI is InChI=1S/C13H13F2N3O3/c1-7-5-17-13(21-7)8(2)16-6-9-3-12(18(19)20)11(15)4-10(9)14/h3-5,8,16H,6H2,1-2H3. The zero-order chi connectivity index (χ0) is 15.6. The number of nitrogens with zero attached hydrogens (tertiary/aromatic N) is 2. The zero-order valence-corrected chi connectivity index (χ0v) is 11.4. The maximum Gasteiger partial charge on any atom is 0.305 e. The van der Waals surface area contributed by atoms with Crippen LogP contribution in [0, 0.1) is 28.7 Å². The minimum atomic E-state index is -1.20. The van der Waals surface area contributed by atoms with Crippen molar-refractivity contribution in [1.82, 2.24) is 10.3 Å². The van der Waals surface area contributed by atoms with Gasteiger partial charge in [-0.05, 0) is 13.8 Å². The monoisotopic (exact) mass is 297 g/mol. The molecule has 0 aliphatic carbocycles. The summed E-state index contributed by atoms with van der Waals surface area (Å²) >= 11 is 0. The molecule has 0 radical (unpaired) electrons. The Bertz CT molecular complexity index is 673. The quantitative estimate of drug-likeness (QED) is 0.677. The summed E-state index contributed by atoms with van der Waals surface area (Å²) in [5.41, 5.74) is -0.758. The smallest absolute Gasteiger partial charge is 0.305 e. The van der Waals surface area contributed by atoms with Gasteiger partial charge in [-0.25, -0.2) is 9.37 Å². The molecule has 0 fully saturated rings. The second-order valence-corrected chi connectivity index (χ2v) is 4.56. The van der Waals surface area contributed by atoms with E-state index in [0.717, 1.165) is 6.07 Å². The van der Waals surface area contributed by atoms with Gasteiger partial charge in [-0.1, -0.05) is 0 Å². The number of halogens is 2. The van der Waals surface area contributed by atoms with Crippen molar-refractivity contribution in [3.63, 3.8) is 0 Å². The molecule has 1 heterocycles. The number of aromatic nitrogens is 1. The number of nitro benzene ring substituents is 1. The molecule has 0 bridgehead atoms. The molecule has 0 spiro atoms. The highest BCUT2D eigenvalue weighted by molar-refractivity contribution is 5.37. The summed E-state index contributed by atoms with van der Waals surface area (Å²) in [6.07, 6.45) is 1.55. The second-order valence-electron chi connectivity index (χ2n) is 4.56.